The summed E-state index contributed by atoms with van der Waals surface area (Å²) in [5.74, 6) is 2.05. The predicted octanol–water partition coefficient (Wildman–Crippen LogP) is 5.82. The highest BCUT2D eigenvalue weighted by Crippen LogP contribution is 2.70. The van der Waals surface area contributed by atoms with Crippen molar-refractivity contribution in [3.05, 3.63) is 33.7 Å². The average Bonchev–Trinajstić information content (AvgIpc) is 3.03. The second kappa shape index (κ2) is 5.24. The molecular weight excluding hydrogens is 368 g/mol. The molecule has 3 nitrogen and oxygen atoms in total. The number of ether oxygens (including phenoxy) is 1. The SMILES string of the molecule is COC1(c2cc3c(Cl)c(C)ccc3s2)OOC12C1CC3CC(C1)CC2C3. The Labute approximate surface area is 162 Å². The van der Waals surface area contributed by atoms with E-state index in [0.717, 1.165) is 32.7 Å². The van der Waals surface area contributed by atoms with Gasteiger partial charge >= 0.3 is 0 Å². The second-order valence-corrected chi connectivity index (χ2v) is 10.3. The number of hydrogen-bond acceptors (Lipinski definition) is 4. The van der Waals surface area contributed by atoms with Gasteiger partial charge in [-0.05, 0) is 80.4 Å². The van der Waals surface area contributed by atoms with E-state index in [2.05, 4.69) is 18.2 Å². The van der Waals surface area contributed by atoms with Crippen LogP contribution in [0, 0.1) is 30.6 Å². The van der Waals surface area contributed by atoms with Crippen molar-refractivity contribution in [2.45, 2.75) is 50.4 Å². The fourth-order valence-corrected chi connectivity index (χ4v) is 8.16. The Balaban J connectivity index is 1.51. The monoisotopic (exact) mass is 390 g/mol. The molecule has 1 aromatic carbocycles. The van der Waals surface area contributed by atoms with Gasteiger partial charge in [0, 0.05) is 17.2 Å². The van der Waals surface area contributed by atoms with Crippen LogP contribution in [-0.2, 0) is 20.3 Å². The minimum atomic E-state index is -0.781. The Morgan fingerprint density at radius 1 is 1.08 bits per heavy atom. The lowest BCUT2D eigenvalue weighted by atomic mass is 9.47. The smallest absolute Gasteiger partial charge is 0.269 e. The van der Waals surface area contributed by atoms with Crippen LogP contribution in [0.5, 0.6) is 0 Å². The van der Waals surface area contributed by atoms with Gasteiger partial charge in [0.1, 0.15) is 0 Å². The van der Waals surface area contributed by atoms with Gasteiger partial charge in [0.25, 0.3) is 5.79 Å². The number of thiophene rings is 1. The number of benzene rings is 1. The Morgan fingerprint density at radius 2 is 1.77 bits per heavy atom. The van der Waals surface area contributed by atoms with E-state index in [1.54, 1.807) is 18.4 Å². The van der Waals surface area contributed by atoms with Crippen molar-refractivity contribution < 1.29 is 14.5 Å². The summed E-state index contributed by atoms with van der Waals surface area (Å²) < 4.78 is 7.34. The van der Waals surface area contributed by atoms with Gasteiger partial charge in [0.2, 0.25) is 0 Å². The molecule has 2 aromatic rings. The van der Waals surface area contributed by atoms with E-state index < -0.39 is 5.79 Å². The van der Waals surface area contributed by atoms with E-state index in [1.165, 1.54) is 36.8 Å². The lowest BCUT2D eigenvalue weighted by molar-refractivity contribution is -0.644. The van der Waals surface area contributed by atoms with Crippen LogP contribution in [0.4, 0.5) is 0 Å². The molecule has 1 aromatic heterocycles. The molecule has 0 amide bonds. The molecular formula is C21H23ClO3S. The number of rotatable bonds is 2. The summed E-state index contributed by atoms with van der Waals surface area (Å²) in [5, 5.41) is 1.92. The molecule has 5 heteroatoms. The first-order valence-electron chi connectivity index (χ1n) is 9.68. The van der Waals surface area contributed by atoms with E-state index in [1.807, 2.05) is 6.92 Å². The summed E-state index contributed by atoms with van der Waals surface area (Å²) in [6.07, 6.45) is 6.44. The van der Waals surface area contributed by atoms with Gasteiger partial charge in [-0.3, -0.25) is 0 Å². The molecule has 4 aliphatic carbocycles. The summed E-state index contributed by atoms with van der Waals surface area (Å²) in [6.45, 7) is 2.05. The fraction of sp³-hybridized carbons (Fsp3) is 0.619. The largest absolute Gasteiger partial charge is 0.344 e. The fourth-order valence-electron chi connectivity index (χ4n) is 6.65. The third kappa shape index (κ3) is 1.76. The predicted molar refractivity (Wildman–Crippen MR) is 102 cm³/mol. The maximum absolute atomic E-state index is 6.59. The van der Waals surface area contributed by atoms with Crippen LogP contribution in [-0.4, -0.2) is 12.7 Å². The molecule has 5 fully saturated rings. The topological polar surface area (TPSA) is 27.7 Å². The van der Waals surface area contributed by atoms with Crippen molar-refractivity contribution in [2.75, 3.05) is 7.11 Å². The van der Waals surface area contributed by atoms with Gasteiger partial charge < -0.3 is 4.74 Å². The highest BCUT2D eigenvalue weighted by molar-refractivity contribution is 7.19. The number of hydrogen-bond donors (Lipinski definition) is 0. The summed E-state index contributed by atoms with van der Waals surface area (Å²) in [4.78, 5) is 13.0. The first-order valence-corrected chi connectivity index (χ1v) is 10.9. The van der Waals surface area contributed by atoms with E-state index >= 15 is 0 Å². The van der Waals surface area contributed by atoms with Crippen molar-refractivity contribution in [3.8, 4) is 0 Å². The highest BCUT2D eigenvalue weighted by atomic mass is 35.5. The van der Waals surface area contributed by atoms with E-state index in [-0.39, 0.29) is 5.60 Å². The normalized spacial score (nSPS) is 43.3. The lowest BCUT2D eigenvalue weighted by Gasteiger charge is -2.68. The maximum atomic E-state index is 6.59. The van der Waals surface area contributed by atoms with Gasteiger partial charge in [-0.25, -0.2) is 4.89 Å². The van der Waals surface area contributed by atoms with Gasteiger partial charge in [-0.15, -0.1) is 11.3 Å². The zero-order valence-corrected chi connectivity index (χ0v) is 16.7. The molecule has 0 radical (unpaired) electrons. The Hall–Kier alpha value is -0.650. The van der Waals surface area contributed by atoms with Crippen LogP contribution in [0.1, 0.15) is 42.5 Å². The number of halogens is 1. The third-order valence-electron chi connectivity index (χ3n) is 7.60. The van der Waals surface area contributed by atoms with Crippen molar-refractivity contribution in [2.24, 2.45) is 23.7 Å². The summed E-state index contributed by atoms with van der Waals surface area (Å²) >= 11 is 8.32. The van der Waals surface area contributed by atoms with Crippen LogP contribution >= 0.6 is 22.9 Å². The van der Waals surface area contributed by atoms with Crippen molar-refractivity contribution in [3.63, 3.8) is 0 Å². The first-order chi connectivity index (χ1) is 12.6. The van der Waals surface area contributed by atoms with Crippen LogP contribution in [0.25, 0.3) is 10.1 Å². The Kier molecular flexibility index (Phi) is 3.29. The maximum Gasteiger partial charge on any atom is 0.269 e. The van der Waals surface area contributed by atoms with Crippen molar-refractivity contribution in [1.82, 2.24) is 0 Å². The van der Waals surface area contributed by atoms with Crippen molar-refractivity contribution in [1.29, 1.82) is 0 Å². The highest BCUT2D eigenvalue weighted by Gasteiger charge is 2.77. The molecule has 1 atom stereocenters. The minimum Gasteiger partial charge on any atom is -0.344 e. The molecule has 0 N–H and O–H groups in total. The zero-order chi connectivity index (χ0) is 17.7. The number of methoxy groups -OCH3 is 1. The number of aryl methyl sites for hydroxylation is 1. The second-order valence-electron chi connectivity index (χ2n) is 8.80. The molecule has 1 saturated heterocycles. The molecule has 138 valence electrons. The quantitative estimate of drug-likeness (QED) is 0.605. The first kappa shape index (κ1) is 16.3. The lowest BCUT2D eigenvalue weighted by Crippen LogP contribution is -2.76. The molecule has 26 heavy (non-hydrogen) atoms. The van der Waals surface area contributed by atoms with Gasteiger partial charge in [0.05, 0.1) is 9.90 Å². The molecule has 7 rings (SSSR count). The Bertz CT molecular complexity index is 874. The van der Waals surface area contributed by atoms with E-state index in [4.69, 9.17) is 26.1 Å². The average molecular weight is 391 g/mol. The van der Waals surface area contributed by atoms with Crippen molar-refractivity contribution >= 4 is 33.0 Å². The summed E-state index contributed by atoms with van der Waals surface area (Å²) in [5.41, 5.74) is 0.780. The minimum absolute atomic E-state index is 0.322. The molecule has 1 unspecified atom stereocenters. The van der Waals surface area contributed by atoms with Crippen LogP contribution < -0.4 is 0 Å². The van der Waals surface area contributed by atoms with Crippen LogP contribution in [0.3, 0.4) is 0 Å². The molecule has 5 aliphatic rings. The van der Waals surface area contributed by atoms with Crippen LogP contribution in [0.15, 0.2) is 18.2 Å². The number of fused-ring (bicyclic) bond motifs is 1. The standard InChI is InChI=1S/C21H23ClO3S/c1-11-3-4-17-16(19(11)22)10-18(26-17)21(23-2)20(24-25-21)14-6-12-5-13(8-14)9-15(20)7-12/h3-4,10,12-15H,5-9H2,1-2H3. The van der Waals surface area contributed by atoms with E-state index in [9.17, 15) is 0 Å². The molecule has 2 heterocycles. The van der Waals surface area contributed by atoms with Gasteiger partial charge in [-0.2, -0.15) is 4.89 Å². The summed E-state index contributed by atoms with van der Waals surface area (Å²) in [7, 11) is 1.77. The summed E-state index contributed by atoms with van der Waals surface area (Å²) in [6, 6.07) is 6.41. The molecule has 1 aliphatic heterocycles. The Morgan fingerprint density at radius 3 is 2.35 bits per heavy atom. The zero-order valence-electron chi connectivity index (χ0n) is 15.1. The van der Waals surface area contributed by atoms with Gasteiger partial charge in [0.15, 0.2) is 5.60 Å². The van der Waals surface area contributed by atoms with E-state index in [0.29, 0.717) is 11.8 Å². The third-order valence-corrected chi connectivity index (χ3v) is 9.29. The van der Waals surface area contributed by atoms with Crippen LogP contribution in [0.2, 0.25) is 5.02 Å². The molecule has 4 bridgehead atoms. The van der Waals surface area contributed by atoms with Gasteiger partial charge in [-0.1, -0.05) is 17.7 Å². The molecule has 4 saturated carbocycles. The molecule has 1 spiro atoms.